The predicted molar refractivity (Wildman–Crippen MR) is 118 cm³/mol. The van der Waals surface area contributed by atoms with Crippen LogP contribution in [0.3, 0.4) is 0 Å². The zero-order chi connectivity index (χ0) is 20.5. The van der Waals surface area contributed by atoms with E-state index in [4.69, 9.17) is 0 Å². The summed E-state index contributed by atoms with van der Waals surface area (Å²) in [6.45, 7) is 7.14. The van der Waals surface area contributed by atoms with Gasteiger partial charge in [0.1, 0.15) is 0 Å². The number of nitrogens with zero attached hydrogens (tertiary/aromatic N) is 2. The van der Waals surface area contributed by atoms with Gasteiger partial charge in [-0.2, -0.15) is 0 Å². The first kappa shape index (κ1) is 25.9. The van der Waals surface area contributed by atoms with Crippen molar-refractivity contribution in [2.24, 2.45) is 0 Å². The van der Waals surface area contributed by atoms with Crippen LogP contribution >= 0.6 is 0 Å². The first-order chi connectivity index (χ1) is 13.5. The SMILES string of the molecule is CCCCCCCCCCCCCCCCN1CCN(CCCS(=O)(=O)[O-])C1. The molecular formula is C22H45N2O3S-. The van der Waals surface area contributed by atoms with Gasteiger partial charge in [-0.3, -0.25) is 9.80 Å². The maximum Gasteiger partial charge on any atom is 0.0946 e. The lowest BCUT2D eigenvalue weighted by atomic mass is 10.0. The molecular weight excluding hydrogens is 372 g/mol. The molecule has 0 amide bonds. The molecule has 0 atom stereocenters. The minimum absolute atomic E-state index is 0.234. The van der Waals surface area contributed by atoms with Gasteiger partial charge >= 0.3 is 0 Å². The van der Waals surface area contributed by atoms with E-state index in [1.165, 1.54) is 89.9 Å². The van der Waals surface area contributed by atoms with Crippen molar-refractivity contribution in [2.45, 2.75) is 103 Å². The van der Waals surface area contributed by atoms with Crippen LogP contribution in [0.2, 0.25) is 0 Å². The number of hydrogen-bond acceptors (Lipinski definition) is 5. The summed E-state index contributed by atoms with van der Waals surface area (Å²) < 4.78 is 31.9. The maximum absolute atomic E-state index is 10.6. The summed E-state index contributed by atoms with van der Waals surface area (Å²) in [5, 5.41) is 0. The van der Waals surface area contributed by atoms with Crippen molar-refractivity contribution in [2.75, 3.05) is 38.6 Å². The van der Waals surface area contributed by atoms with Crippen molar-refractivity contribution < 1.29 is 13.0 Å². The quantitative estimate of drug-likeness (QED) is 0.219. The van der Waals surface area contributed by atoms with Gasteiger partial charge in [-0.15, -0.1) is 0 Å². The molecule has 0 saturated carbocycles. The van der Waals surface area contributed by atoms with E-state index < -0.39 is 10.1 Å². The van der Waals surface area contributed by atoms with Crippen LogP contribution in [0.25, 0.3) is 0 Å². The lowest BCUT2D eigenvalue weighted by Crippen LogP contribution is -2.28. The Hall–Kier alpha value is -0.170. The van der Waals surface area contributed by atoms with Crippen LogP contribution in [0, 0.1) is 0 Å². The molecule has 0 aromatic heterocycles. The monoisotopic (exact) mass is 417 g/mol. The number of hydrogen-bond donors (Lipinski definition) is 0. The topological polar surface area (TPSA) is 63.7 Å². The molecule has 0 bridgehead atoms. The molecule has 0 radical (unpaired) electrons. The van der Waals surface area contributed by atoms with Gasteiger partial charge in [-0.1, -0.05) is 90.4 Å². The van der Waals surface area contributed by atoms with Gasteiger partial charge < -0.3 is 4.55 Å². The highest BCUT2D eigenvalue weighted by Gasteiger charge is 2.18. The van der Waals surface area contributed by atoms with Gasteiger partial charge in [0, 0.05) is 25.4 Å². The van der Waals surface area contributed by atoms with Crippen molar-refractivity contribution in [3.63, 3.8) is 0 Å². The molecule has 1 rings (SSSR count). The van der Waals surface area contributed by atoms with Crippen LogP contribution in [-0.4, -0.2) is 61.4 Å². The molecule has 1 aliphatic heterocycles. The van der Waals surface area contributed by atoms with E-state index in [1.807, 2.05) is 0 Å². The fraction of sp³-hybridized carbons (Fsp3) is 1.00. The van der Waals surface area contributed by atoms with Crippen LogP contribution in [0.1, 0.15) is 103 Å². The summed E-state index contributed by atoms with van der Waals surface area (Å²) in [6, 6.07) is 0. The standard InChI is InChI=1S/C22H46N2O3S/c1-2-3-4-5-6-7-8-9-10-11-12-13-14-15-17-23-19-20-24(22-23)18-16-21-28(25,26)27/h2-22H2,1H3,(H,25,26,27)/p-1. The fourth-order valence-electron chi connectivity index (χ4n) is 4.07. The molecule has 1 aliphatic rings. The Morgan fingerprint density at radius 3 is 1.46 bits per heavy atom. The molecule has 1 fully saturated rings. The van der Waals surface area contributed by atoms with Crippen molar-refractivity contribution in [1.29, 1.82) is 0 Å². The first-order valence-electron chi connectivity index (χ1n) is 11.9. The normalized spacial score (nSPS) is 16.2. The Balaban J connectivity index is 1.81. The summed E-state index contributed by atoms with van der Waals surface area (Å²) in [5.74, 6) is -0.234. The molecule has 6 heteroatoms. The van der Waals surface area contributed by atoms with Gasteiger partial charge in [0.2, 0.25) is 0 Å². The van der Waals surface area contributed by atoms with Gasteiger partial charge in [0.25, 0.3) is 0 Å². The summed E-state index contributed by atoms with van der Waals surface area (Å²) >= 11 is 0. The molecule has 1 heterocycles. The van der Waals surface area contributed by atoms with Crippen LogP contribution in [0.4, 0.5) is 0 Å². The maximum atomic E-state index is 10.6. The van der Waals surface area contributed by atoms with E-state index in [2.05, 4.69) is 16.7 Å². The predicted octanol–water partition coefficient (Wildman–Crippen LogP) is 4.98. The molecule has 0 N–H and O–H groups in total. The Morgan fingerprint density at radius 1 is 0.643 bits per heavy atom. The third kappa shape index (κ3) is 15.7. The molecule has 168 valence electrons. The smallest absolute Gasteiger partial charge is 0.0946 e. The van der Waals surface area contributed by atoms with Crippen molar-refractivity contribution in [3.8, 4) is 0 Å². The third-order valence-electron chi connectivity index (χ3n) is 5.83. The molecule has 0 spiro atoms. The lowest BCUT2D eigenvalue weighted by Gasteiger charge is -2.18. The molecule has 28 heavy (non-hydrogen) atoms. The second-order valence-electron chi connectivity index (χ2n) is 8.59. The molecule has 5 nitrogen and oxygen atoms in total. The van der Waals surface area contributed by atoms with Gasteiger partial charge in [-0.25, -0.2) is 8.42 Å². The van der Waals surface area contributed by atoms with E-state index in [0.29, 0.717) is 6.42 Å². The summed E-state index contributed by atoms with van der Waals surface area (Å²) in [7, 11) is -4.06. The fourth-order valence-corrected chi connectivity index (χ4v) is 4.55. The molecule has 0 aliphatic carbocycles. The van der Waals surface area contributed by atoms with Crippen molar-refractivity contribution in [3.05, 3.63) is 0 Å². The lowest BCUT2D eigenvalue weighted by molar-refractivity contribution is 0.242. The first-order valence-corrected chi connectivity index (χ1v) is 13.5. The molecule has 0 unspecified atom stereocenters. The van der Waals surface area contributed by atoms with Gasteiger partial charge in [-0.05, 0) is 19.4 Å². The number of unbranched alkanes of at least 4 members (excludes halogenated alkanes) is 13. The Morgan fingerprint density at radius 2 is 1.04 bits per heavy atom. The average molecular weight is 418 g/mol. The van der Waals surface area contributed by atoms with E-state index >= 15 is 0 Å². The van der Waals surface area contributed by atoms with Crippen LogP contribution < -0.4 is 0 Å². The second kappa shape index (κ2) is 16.6. The Bertz CT molecular complexity index is 457. The second-order valence-corrected chi connectivity index (χ2v) is 10.1. The minimum Gasteiger partial charge on any atom is -0.748 e. The molecule has 1 saturated heterocycles. The Kier molecular flexibility index (Phi) is 15.3. The number of rotatable bonds is 19. The van der Waals surface area contributed by atoms with Crippen LogP contribution in [0.15, 0.2) is 0 Å². The average Bonchev–Trinajstić information content (AvgIpc) is 3.08. The van der Waals surface area contributed by atoms with E-state index in [1.54, 1.807) is 0 Å². The van der Waals surface area contributed by atoms with Crippen molar-refractivity contribution >= 4 is 10.1 Å². The summed E-state index contributed by atoms with van der Waals surface area (Å²) in [6.07, 6.45) is 19.9. The van der Waals surface area contributed by atoms with Crippen molar-refractivity contribution in [1.82, 2.24) is 9.80 Å². The molecule has 0 aromatic carbocycles. The van der Waals surface area contributed by atoms with Gasteiger partial charge in [0.15, 0.2) is 0 Å². The highest BCUT2D eigenvalue weighted by Crippen LogP contribution is 2.14. The van der Waals surface area contributed by atoms with E-state index in [0.717, 1.165) is 32.8 Å². The van der Waals surface area contributed by atoms with Crippen LogP contribution in [-0.2, 0) is 10.1 Å². The zero-order valence-electron chi connectivity index (χ0n) is 18.4. The third-order valence-corrected chi connectivity index (χ3v) is 6.62. The highest BCUT2D eigenvalue weighted by atomic mass is 32.2. The summed E-state index contributed by atoms with van der Waals surface area (Å²) in [5.41, 5.74) is 0. The summed E-state index contributed by atoms with van der Waals surface area (Å²) in [4.78, 5) is 4.71. The highest BCUT2D eigenvalue weighted by molar-refractivity contribution is 7.85. The van der Waals surface area contributed by atoms with E-state index in [9.17, 15) is 13.0 Å². The van der Waals surface area contributed by atoms with Crippen LogP contribution in [0.5, 0.6) is 0 Å². The molecule has 0 aromatic rings. The minimum atomic E-state index is -4.06. The van der Waals surface area contributed by atoms with E-state index in [-0.39, 0.29) is 5.75 Å². The Labute approximate surface area is 175 Å². The largest absolute Gasteiger partial charge is 0.748 e. The van der Waals surface area contributed by atoms with Gasteiger partial charge in [0.05, 0.1) is 16.8 Å². The zero-order valence-corrected chi connectivity index (χ0v) is 19.2.